The van der Waals surface area contributed by atoms with Crippen molar-refractivity contribution in [1.82, 2.24) is 4.90 Å². The molecule has 5 heteroatoms. The van der Waals surface area contributed by atoms with Gasteiger partial charge in [-0.1, -0.05) is 0 Å². The predicted octanol–water partition coefficient (Wildman–Crippen LogP) is 1.52. The zero-order valence-electron chi connectivity index (χ0n) is 9.85. The maximum atomic E-state index is 11.9. The monoisotopic (exact) mass is 235 g/mol. The fourth-order valence-corrected chi connectivity index (χ4v) is 1.77. The van der Waals surface area contributed by atoms with Crippen LogP contribution in [0.1, 0.15) is 6.92 Å². The number of nitrogens with two attached hydrogens (primary N) is 1. The number of nitrogen functional groups attached to an aromatic ring is 1. The Bertz CT molecular complexity index is 391. The number of carbonyl (C=O) groups is 1. The van der Waals surface area contributed by atoms with Gasteiger partial charge in [-0.2, -0.15) is 0 Å². The highest BCUT2D eigenvalue weighted by Gasteiger charge is 2.21. The van der Waals surface area contributed by atoms with E-state index in [0.29, 0.717) is 25.4 Å². The van der Waals surface area contributed by atoms with Crippen LogP contribution in [-0.2, 0) is 4.74 Å². The van der Waals surface area contributed by atoms with Crippen molar-refractivity contribution in [3.63, 3.8) is 0 Å². The molecule has 1 aromatic rings. The number of amides is 2. The van der Waals surface area contributed by atoms with Crippen LogP contribution in [-0.4, -0.2) is 36.7 Å². The van der Waals surface area contributed by atoms with Gasteiger partial charge in [-0.05, 0) is 31.2 Å². The number of rotatable bonds is 1. The van der Waals surface area contributed by atoms with Gasteiger partial charge in [0, 0.05) is 24.5 Å². The molecule has 2 amide bonds. The number of anilines is 2. The Kier molecular flexibility index (Phi) is 3.49. The quantitative estimate of drug-likeness (QED) is 0.725. The molecule has 0 aromatic heterocycles. The average molecular weight is 235 g/mol. The van der Waals surface area contributed by atoms with E-state index in [2.05, 4.69) is 5.32 Å². The summed E-state index contributed by atoms with van der Waals surface area (Å²) in [6.45, 7) is 3.81. The van der Waals surface area contributed by atoms with E-state index in [1.807, 2.05) is 6.92 Å². The number of nitrogens with zero attached hydrogens (tertiary/aromatic N) is 1. The Hall–Kier alpha value is -1.75. The summed E-state index contributed by atoms with van der Waals surface area (Å²) in [5.74, 6) is 0. The molecule has 1 unspecified atom stereocenters. The van der Waals surface area contributed by atoms with Crippen molar-refractivity contribution in [3.05, 3.63) is 24.3 Å². The topological polar surface area (TPSA) is 67.6 Å². The van der Waals surface area contributed by atoms with Crippen LogP contribution in [0.15, 0.2) is 24.3 Å². The second-order valence-electron chi connectivity index (χ2n) is 4.18. The van der Waals surface area contributed by atoms with Crippen LogP contribution in [0.5, 0.6) is 0 Å². The molecule has 1 saturated heterocycles. The molecule has 0 radical (unpaired) electrons. The van der Waals surface area contributed by atoms with Crippen LogP contribution in [0.2, 0.25) is 0 Å². The lowest BCUT2D eigenvalue weighted by Crippen LogP contribution is -2.46. The maximum absolute atomic E-state index is 11.9. The summed E-state index contributed by atoms with van der Waals surface area (Å²) in [6.07, 6.45) is 0.0981. The summed E-state index contributed by atoms with van der Waals surface area (Å²) in [6, 6.07) is 7.01. The summed E-state index contributed by atoms with van der Waals surface area (Å²) in [7, 11) is 0. The first-order valence-electron chi connectivity index (χ1n) is 5.68. The van der Waals surface area contributed by atoms with Gasteiger partial charge >= 0.3 is 6.03 Å². The highest BCUT2D eigenvalue weighted by atomic mass is 16.5. The number of nitrogens with one attached hydrogen (secondary N) is 1. The minimum Gasteiger partial charge on any atom is -0.399 e. The molecule has 1 fully saturated rings. The summed E-state index contributed by atoms with van der Waals surface area (Å²) in [5, 5.41) is 2.84. The van der Waals surface area contributed by atoms with Crippen LogP contribution in [0.25, 0.3) is 0 Å². The van der Waals surface area contributed by atoms with Gasteiger partial charge in [0.25, 0.3) is 0 Å². The van der Waals surface area contributed by atoms with E-state index in [1.54, 1.807) is 29.2 Å². The standard InChI is InChI=1S/C12H17N3O2/c1-9-8-15(6-7-17-9)12(16)14-11-4-2-10(13)3-5-11/h2-5,9H,6-8,13H2,1H3,(H,14,16). The molecule has 0 saturated carbocycles. The number of morpholine rings is 1. The summed E-state index contributed by atoms with van der Waals surface area (Å²) < 4.78 is 5.39. The lowest BCUT2D eigenvalue weighted by molar-refractivity contribution is -0.00138. The molecule has 1 heterocycles. The fraction of sp³-hybridized carbons (Fsp3) is 0.417. The molecule has 17 heavy (non-hydrogen) atoms. The van der Waals surface area contributed by atoms with E-state index < -0.39 is 0 Å². The van der Waals surface area contributed by atoms with Gasteiger partial charge in [-0.15, -0.1) is 0 Å². The highest BCUT2D eigenvalue weighted by molar-refractivity contribution is 5.89. The predicted molar refractivity (Wildman–Crippen MR) is 66.9 cm³/mol. The van der Waals surface area contributed by atoms with Crippen molar-refractivity contribution in [1.29, 1.82) is 0 Å². The zero-order valence-corrected chi connectivity index (χ0v) is 9.85. The molecule has 2 rings (SSSR count). The minimum atomic E-state index is -0.0927. The van der Waals surface area contributed by atoms with E-state index in [-0.39, 0.29) is 12.1 Å². The second kappa shape index (κ2) is 5.05. The lowest BCUT2D eigenvalue weighted by Gasteiger charge is -2.31. The van der Waals surface area contributed by atoms with Crippen LogP contribution in [0.4, 0.5) is 16.2 Å². The van der Waals surface area contributed by atoms with Gasteiger partial charge in [0.05, 0.1) is 12.7 Å². The van der Waals surface area contributed by atoms with Crippen molar-refractivity contribution in [2.24, 2.45) is 0 Å². The van der Waals surface area contributed by atoms with Crippen molar-refractivity contribution in [2.45, 2.75) is 13.0 Å². The number of benzene rings is 1. The van der Waals surface area contributed by atoms with Crippen LogP contribution < -0.4 is 11.1 Å². The largest absolute Gasteiger partial charge is 0.399 e. The molecule has 5 nitrogen and oxygen atoms in total. The van der Waals surface area contributed by atoms with Crippen molar-refractivity contribution in [3.8, 4) is 0 Å². The highest BCUT2D eigenvalue weighted by Crippen LogP contribution is 2.12. The second-order valence-corrected chi connectivity index (χ2v) is 4.18. The number of hydrogen-bond acceptors (Lipinski definition) is 3. The van der Waals surface area contributed by atoms with Crippen molar-refractivity contribution >= 4 is 17.4 Å². The zero-order chi connectivity index (χ0) is 12.3. The Morgan fingerprint density at radius 1 is 1.47 bits per heavy atom. The lowest BCUT2D eigenvalue weighted by atomic mass is 10.3. The summed E-state index contributed by atoms with van der Waals surface area (Å²) >= 11 is 0. The van der Waals surface area contributed by atoms with E-state index >= 15 is 0 Å². The molecule has 3 N–H and O–H groups in total. The third kappa shape index (κ3) is 3.10. The maximum Gasteiger partial charge on any atom is 0.322 e. The molecular formula is C12H17N3O2. The first kappa shape index (κ1) is 11.7. The third-order valence-corrected chi connectivity index (χ3v) is 2.69. The van der Waals surface area contributed by atoms with E-state index in [9.17, 15) is 4.79 Å². The Labute approximate surface area is 101 Å². The minimum absolute atomic E-state index is 0.0927. The molecule has 0 aliphatic carbocycles. The normalized spacial score (nSPS) is 20.1. The van der Waals surface area contributed by atoms with Crippen LogP contribution in [0, 0.1) is 0 Å². The number of carbonyl (C=O) groups excluding carboxylic acids is 1. The molecule has 1 aliphatic heterocycles. The van der Waals surface area contributed by atoms with Gasteiger partial charge in [0.15, 0.2) is 0 Å². The molecule has 1 aliphatic rings. The third-order valence-electron chi connectivity index (χ3n) is 2.69. The summed E-state index contributed by atoms with van der Waals surface area (Å²) in [5.41, 5.74) is 7.02. The van der Waals surface area contributed by atoms with E-state index in [0.717, 1.165) is 5.69 Å². The Morgan fingerprint density at radius 2 is 2.18 bits per heavy atom. The molecule has 92 valence electrons. The Morgan fingerprint density at radius 3 is 2.82 bits per heavy atom. The first-order chi connectivity index (χ1) is 8.15. The average Bonchev–Trinajstić information content (AvgIpc) is 2.32. The molecule has 0 spiro atoms. The molecule has 1 atom stereocenters. The molecule has 0 bridgehead atoms. The number of ether oxygens (including phenoxy) is 1. The molecular weight excluding hydrogens is 218 g/mol. The number of urea groups is 1. The van der Waals surface area contributed by atoms with Gasteiger partial charge in [0.1, 0.15) is 0 Å². The van der Waals surface area contributed by atoms with Crippen molar-refractivity contribution in [2.75, 3.05) is 30.7 Å². The van der Waals surface area contributed by atoms with Crippen LogP contribution in [0.3, 0.4) is 0 Å². The fourth-order valence-electron chi connectivity index (χ4n) is 1.77. The van der Waals surface area contributed by atoms with Crippen LogP contribution >= 0.6 is 0 Å². The molecule has 1 aromatic carbocycles. The van der Waals surface area contributed by atoms with Crippen molar-refractivity contribution < 1.29 is 9.53 Å². The SMILES string of the molecule is CC1CN(C(=O)Nc2ccc(N)cc2)CCO1. The van der Waals surface area contributed by atoms with E-state index in [1.165, 1.54) is 0 Å². The Balaban J connectivity index is 1.94. The van der Waals surface area contributed by atoms with Gasteiger partial charge in [-0.25, -0.2) is 4.79 Å². The van der Waals surface area contributed by atoms with Gasteiger partial charge < -0.3 is 20.7 Å². The van der Waals surface area contributed by atoms with Gasteiger partial charge in [-0.3, -0.25) is 0 Å². The summed E-state index contributed by atoms with van der Waals surface area (Å²) in [4.78, 5) is 13.7. The first-order valence-corrected chi connectivity index (χ1v) is 5.68. The number of hydrogen-bond donors (Lipinski definition) is 2. The van der Waals surface area contributed by atoms with Gasteiger partial charge in [0.2, 0.25) is 0 Å². The van der Waals surface area contributed by atoms with E-state index in [4.69, 9.17) is 10.5 Å². The smallest absolute Gasteiger partial charge is 0.322 e.